The predicted molar refractivity (Wildman–Crippen MR) is 61.8 cm³/mol. The second-order valence-electron chi connectivity index (χ2n) is 4.70. The summed E-state index contributed by atoms with van der Waals surface area (Å²) in [5.41, 5.74) is 5.42. The molecule has 0 radical (unpaired) electrons. The van der Waals surface area contributed by atoms with Crippen molar-refractivity contribution in [3.63, 3.8) is 0 Å². The minimum Gasteiger partial charge on any atom is -0.374 e. The summed E-state index contributed by atoms with van der Waals surface area (Å²) in [6.45, 7) is 0.884. The van der Waals surface area contributed by atoms with Gasteiger partial charge in [-0.1, -0.05) is 12.1 Å². The first-order valence-corrected chi connectivity index (χ1v) is 5.97. The maximum Gasteiger partial charge on any atom is 0.416 e. The number of rotatable bonds is 4. The molecule has 0 aromatic heterocycles. The van der Waals surface area contributed by atoms with Crippen LogP contribution in [0.25, 0.3) is 0 Å². The molecule has 1 aliphatic carbocycles. The summed E-state index contributed by atoms with van der Waals surface area (Å²) in [5, 5.41) is 0. The highest BCUT2D eigenvalue weighted by molar-refractivity contribution is 5.25. The maximum atomic E-state index is 12.5. The van der Waals surface area contributed by atoms with Gasteiger partial charge in [-0.15, -0.1) is 0 Å². The van der Waals surface area contributed by atoms with E-state index in [-0.39, 0.29) is 12.7 Å². The molecule has 0 heterocycles. The van der Waals surface area contributed by atoms with Gasteiger partial charge < -0.3 is 10.5 Å². The Balaban J connectivity index is 1.87. The van der Waals surface area contributed by atoms with Crippen LogP contribution in [0.5, 0.6) is 0 Å². The molecule has 5 heteroatoms. The number of hydrogen-bond acceptors (Lipinski definition) is 2. The summed E-state index contributed by atoms with van der Waals surface area (Å²) < 4.78 is 43.0. The highest BCUT2D eigenvalue weighted by Crippen LogP contribution is 2.31. The average molecular weight is 259 g/mol. The zero-order valence-corrected chi connectivity index (χ0v) is 9.91. The van der Waals surface area contributed by atoms with Crippen LogP contribution in [0, 0.1) is 5.92 Å². The molecule has 0 atom stereocenters. The van der Waals surface area contributed by atoms with E-state index in [0.717, 1.165) is 25.0 Å². The monoisotopic (exact) mass is 259 g/mol. The largest absolute Gasteiger partial charge is 0.416 e. The number of benzene rings is 1. The topological polar surface area (TPSA) is 35.2 Å². The molecule has 0 bridgehead atoms. The maximum absolute atomic E-state index is 12.5. The van der Waals surface area contributed by atoms with E-state index in [1.807, 2.05) is 0 Å². The van der Waals surface area contributed by atoms with E-state index in [1.165, 1.54) is 6.07 Å². The van der Waals surface area contributed by atoms with Gasteiger partial charge in [0.15, 0.2) is 0 Å². The molecule has 18 heavy (non-hydrogen) atoms. The smallest absolute Gasteiger partial charge is 0.374 e. The van der Waals surface area contributed by atoms with E-state index in [1.54, 1.807) is 6.07 Å². The summed E-state index contributed by atoms with van der Waals surface area (Å²) in [5.74, 6) is 0.511. The van der Waals surface area contributed by atoms with Gasteiger partial charge >= 0.3 is 6.18 Å². The fourth-order valence-electron chi connectivity index (χ4n) is 2.05. The summed E-state index contributed by atoms with van der Waals surface area (Å²) in [4.78, 5) is 0. The van der Waals surface area contributed by atoms with Crippen molar-refractivity contribution in [3.8, 4) is 0 Å². The Labute approximate surface area is 104 Å². The van der Waals surface area contributed by atoms with E-state index in [9.17, 15) is 13.2 Å². The van der Waals surface area contributed by atoms with Crippen molar-refractivity contribution in [1.29, 1.82) is 0 Å². The van der Waals surface area contributed by atoms with Gasteiger partial charge in [0, 0.05) is 0 Å². The Kier molecular flexibility index (Phi) is 3.92. The van der Waals surface area contributed by atoms with Crippen molar-refractivity contribution in [2.24, 2.45) is 11.7 Å². The van der Waals surface area contributed by atoms with Crippen LogP contribution in [0.3, 0.4) is 0 Å². The molecule has 0 unspecified atom stereocenters. The first-order chi connectivity index (χ1) is 8.49. The van der Waals surface area contributed by atoms with Gasteiger partial charge in [-0.25, -0.2) is 0 Å². The van der Waals surface area contributed by atoms with Crippen molar-refractivity contribution in [2.45, 2.75) is 31.7 Å². The summed E-state index contributed by atoms with van der Waals surface area (Å²) in [7, 11) is 0. The molecule has 2 N–H and O–H groups in total. The quantitative estimate of drug-likeness (QED) is 0.902. The highest BCUT2D eigenvalue weighted by Gasteiger charge is 2.31. The fraction of sp³-hybridized carbons (Fsp3) is 0.538. The molecule has 0 amide bonds. The minimum atomic E-state index is -4.29. The molecule has 1 aromatic carbocycles. The van der Waals surface area contributed by atoms with Crippen molar-refractivity contribution in [3.05, 3.63) is 35.4 Å². The summed E-state index contributed by atoms with van der Waals surface area (Å²) in [6, 6.07) is 5.26. The van der Waals surface area contributed by atoms with E-state index >= 15 is 0 Å². The van der Waals surface area contributed by atoms with Crippen molar-refractivity contribution in [2.75, 3.05) is 6.54 Å². The van der Waals surface area contributed by atoms with Crippen LogP contribution in [0.15, 0.2) is 24.3 Å². The average Bonchev–Trinajstić information content (AvgIpc) is 2.26. The van der Waals surface area contributed by atoms with Crippen LogP contribution >= 0.6 is 0 Å². The molecule has 0 spiro atoms. The third-order valence-corrected chi connectivity index (χ3v) is 3.27. The van der Waals surface area contributed by atoms with Crippen molar-refractivity contribution in [1.82, 2.24) is 0 Å². The van der Waals surface area contributed by atoms with Crippen LogP contribution in [0.4, 0.5) is 13.2 Å². The zero-order chi connectivity index (χ0) is 13.2. The van der Waals surface area contributed by atoms with E-state index < -0.39 is 11.7 Å². The predicted octanol–water partition coefficient (Wildman–Crippen LogP) is 2.96. The van der Waals surface area contributed by atoms with Gasteiger partial charge in [-0.05, 0) is 43.0 Å². The second-order valence-corrected chi connectivity index (χ2v) is 4.70. The van der Waals surface area contributed by atoms with E-state index in [2.05, 4.69) is 0 Å². The fourth-order valence-corrected chi connectivity index (χ4v) is 2.05. The first kappa shape index (κ1) is 13.4. The Morgan fingerprint density at radius 1 is 1.28 bits per heavy atom. The van der Waals surface area contributed by atoms with E-state index in [0.29, 0.717) is 18.0 Å². The van der Waals surface area contributed by atoms with Crippen LogP contribution in [0.2, 0.25) is 0 Å². The van der Waals surface area contributed by atoms with Gasteiger partial charge in [-0.2, -0.15) is 13.2 Å². The van der Waals surface area contributed by atoms with Crippen molar-refractivity contribution < 1.29 is 17.9 Å². The summed E-state index contributed by atoms with van der Waals surface area (Å²) in [6.07, 6.45) is -2.32. The lowest BCUT2D eigenvalue weighted by Crippen LogP contribution is -2.35. The number of halogens is 3. The van der Waals surface area contributed by atoms with Crippen molar-refractivity contribution >= 4 is 0 Å². The number of hydrogen-bond donors (Lipinski definition) is 1. The number of alkyl halides is 3. The molecule has 2 rings (SSSR count). The lowest BCUT2D eigenvalue weighted by Gasteiger charge is -2.34. The third kappa shape index (κ3) is 3.23. The molecular weight excluding hydrogens is 243 g/mol. The molecule has 1 aromatic rings. The molecule has 2 nitrogen and oxygen atoms in total. The Morgan fingerprint density at radius 2 is 2.00 bits per heavy atom. The van der Waals surface area contributed by atoms with E-state index in [4.69, 9.17) is 10.5 Å². The van der Waals surface area contributed by atoms with Gasteiger partial charge in [0.25, 0.3) is 0 Å². The second kappa shape index (κ2) is 5.28. The molecule has 1 aliphatic rings. The first-order valence-electron chi connectivity index (χ1n) is 5.97. The molecule has 0 aliphatic heterocycles. The normalized spacial score (nSPS) is 23.8. The summed E-state index contributed by atoms with van der Waals surface area (Å²) >= 11 is 0. The Bertz CT molecular complexity index is 399. The third-order valence-electron chi connectivity index (χ3n) is 3.27. The van der Waals surface area contributed by atoms with Crippen LogP contribution in [-0.4, -0.2) is 12.6 Å². The lowest BCUT2D eigenvalue weighted by molar-refractivity contribution is -0.137. The van der Waals surface area contributed by atoms with Gasteiger partial charge in [0.2, 0.25) is 0 Å². The minimum absolute atomic E-state index is 0.146. The molecule has 100 valence electrons. The zero-order valence-electron chi connectivity index (χ0n) is 9.91. The molecule has 0 saturated heterocycles. The number of ether oxygens (including phenoxy) is 1. The Hall–Kier alpha value is -1.07. The molecular formula is C13H16F3NO. The Morgan fingerprint density at radius 3 is 2.61 bits per heavy atom. The number of nitrogens with two attached hydrogens (primary N) is 1. The highest BCUT2D eigenvalue weighted by atomic mass is 19.4. The lowest BCUT2D eigenvalue weighted by atomic mass is 9.82. The van der Waals surface area contributed by atoms with Gasteiger partial charge in [-0.3, -0.25) is 0 Å². The van der Waals surface area contributed by atoms with Gasteiger partial charge in [0.05, 0.1) is 18.3 Å². The van der Waals surface area contributed by atoms with Crippen LogP contribution in [0.1, 0.15) is 24.0 Å². The van der Waals surface area contributed by atoms with Gasteiger partial charge in [0.1, 0.15) is 0 Å². The SMILES string of the molecule is NCC1CC(OCc2cccc(C(F)(F)F)c2)C1. The van der Waals surface area contributed by atoms with Crippen LogP contribution in [-0.2, 0) is 17.5 Å². The van der Waals surface area contributed by atoms with Crippen LogP contribution < -0.4 is 5.73 Å². The standard InChI is InChI=1S/C13H16F3NO/c14-13(15,16)11-3-1-2-9(4-11)8-18-12-5-10(6-12)7-17/h1-4,10,12H,5-8,17H2. The molecule has 1 fully saturated rings. The molecule has 1 saturated carbocycles.